The summed E-state index contributed by atoms with van der Waals surface area (Å²) in [5, 5.41) is 9.43. The van der Waals surface area contributed by atoms with E-state index in [1.165, 1.54) is 0 Å². The number of hydrogen-bond donors (Lipinski definition) is 1. The van der Waals surface area contributed by atoms with Crippen LogP contribution >= 0.6 is 0 Å². The Morgan fingerprint density at radius 2 is 2.04 bits per heavy atom. The van der Waals surface area contributed by atoms with Crippen molar-refractivity contribution in [2.75, 3.05) is 0 Å². The summed E-state index contributed by atoms with van der Waals surface area (Å²) in [6, 6.07) is 13.1. The molecule has 1 aliphatic heterocycles. The summed E-state index contributed by atoms with van der Waals surface area (Å²) in [6.45, 7) is 2.01. The fourth-order valence-electron chi connectivity index (χ4n) is 3.39. The van der Waals surface area contributed by atoms with Gasteiger partial charge in [-0.3, -0.25) is 4.79 Å². The third kappa shape index (κ3) is 2.47. The van der Waals surface area contributed by atoms with E-state index in [4.69, 9.17) is 9.47 Å². The molecule has 1 saturated carbocycles. The number of ether oxygens (including phenoxy) is 2. The molecule has 2 unspecified atom stereocenters. The fourth-order valence-corrected chi connectivity index (χ4v) is 3.39. The minimum absolute atomic E-state index is 0.282. The molecule has 5 nitrogen and oxygen atoms in total. The Hall–Kier alpha value is -2.82. The number of para-hydroxylation sites is 1. The maximum absolute atomic E-state index is 11.6. The molecule has 2 aliphatic rings. The number of esters is 1. The number of aliphatic carboxylic acids is 1. The molecule has 1 heterocycles. The highest BCUT2D eigenvalue weighted by Crippen LogP contribution is 2.45. The SMILES string of the molecule is CC1(C(=O)O)CCC1Oc1ccccc1-c1ccc2c(c1)COC2=O. The van der Waals surface area contributed by atoms with E-state index in [2.05, 4.69) is 0 Å². The molecule has 4 rings (SSSR count). The standard InChI is InChI=1S/C20H18O5/c1-20(19(22)23)9-8-17(20)25-16-5-3-2-4-14(16)12-6-7-15-13(10-12)11-24-18(15)21/h2-7,10,17H,8-9,11H2,1H3,(H,22,23). The van der Waals surface area contributed by atoms with Gasteiger partial charge in [-0.05, 0) is 43.5 Å². The van der Waals surface area contributed by atoms with E-state index in [1.54, 1.807) is 13.0 Å². The smallest absolute Gasteiger partial charge is 0.338 e. The van der Waals surface area contributed by atoms with E-state index in [0.717, 1.165) is 23.1 Å². The number of rotatable bonds is 4. The number of carbonyl (C=O) groups is 2. The van der Waals surface area contributed by atoms with Gasteiger partial charge in [0.25, 0.3) is 0 Å². The second kappa shape index (κ2) is 5.62. The Kier molecular flexibility index (Phi) is 3.53. The van der Waals surface area contributed by atoms with Crippen molar-refractivity contribution >= 4 is 11.9 Å². The van der Waals surface area contributed by atoms with Crippen molar-refractivity contribution in [3.63, 3.8) is 0 Å². The van der Waals surface area contributed by atoms with Crippen LogP contribution in [0.4, 0.5) is 0 Å². The monoisotopic (exact) mass is 338 g/mol. The van der Waals surface area contributed by atoms with Crippen molar-refractivity contribution in [1.29, 1.82) is 0 Å². The van der Waals surface area contributed by atoms with Crippen LogP contribution in [0.5, 0.6) is 5.75 Å². The molecule has 25 heavy (non-hydrogen) atoms. The van der Waals surface area contributed by atoms with Crippen molar-refractivity contribution in [3.8, 4) is 16.9 Å². The van der Waals surface area contributed by atoms with E-state index in [0.29, 0.717) is 17.7 Å². The minimum atomic E-state index is -0.842. The molecule has 0 spiro atoms. The van der Waals surface area contributed by atoms with Gasteiger partial charge in [-0.25, -0.2) is 4.79 Å². The van der Waals surface area contributed by atoms with Crippen LogP contribution < -0.4 is 4.74 Å². The molecule has 2 aromatic carbocycles. The molecule has 0 bridgehead atoms. The van der Waals surface area contributed by atoms with Crippen LogP contribution in [-0.2, 0) is 16.1 Å². The van der Waals surface area contributed by atoms with Crippen LogP contribution in [0, 0.1) is 5.41 Å². The summed E-state index contributed by atoms with van der Waals surface area (Å²) in [5.41, 5.74) is 2.41. The minimum Gasteiger partial charge on any atom is -0.489 e. The van der Waals surface area contributed by atoms with Gasteiger partial charge in [0.15, 0.2) is 0 Å². The van der Waals surface area contributed by atoms with Crippen LogP contribution in [0.25, 0.3) is 11.1 Å². The van der Waals surface area contributed by atoms with Gasteiger partial charge in [0, 0.05) is 11.1 Å². The van der Waals surface area contributed by atoms with Crippen molar-refractivity contribution in [2.45, 2.75) is 32.5 Å². The summed E-state index contributed by atoms with van der Waals surface area (Å²) < 4.78 is 11.1. The summed E-state index contributed by atoms with van der Waals surface area (Å²) in [4.78, 5) is 23.1. The topological polar surface area (TPSA) is 72.8 Å². The van der Waals surface area contributed by atoms with Gasteiger partial charge in [0.2, 0.25) is 0 Å². The highest BCUT2D eigenvalue weighted by atomic mass is 16.5. The summed E-state index contributed by atoms with van der Waals surface area (Å²) >= 11 is 0. The predicted octanol–water partition coefficient (Wildman–Crippen LogP) is 3.66. The highest BCUT2D eigenvalue weighted by Gasteiger charge is 2.51. The normalized spacial score (nSPS) is 24.2. The first-order chi connectivity index (χ1) is 12.0. The predicted molar refractivity (Wildman–Crippen MR) is 90.4 cm³/mol. The van der Waals surface area contributed by atoms with Gasteiger partial charge in [-0.1, -0.05) is 24.3 Å². The molecule has 0 aromatic heterocycles. The molecule has 0 radical (unpaired) electrons. The number of carboxylic acid groups (broad SMARTS) is 1. The van der Waals surface area contributed by atoms with E-state index in [-0.39, 0.29) is 18.7 Å². The lowest BCUT2D eigenvalue weighted by Crippen LogP contribution is -2.51. The van der Waals surface area contributed by atoms with E-state index in [1.807, 2.05) is 36.4 Å². The van der Waals surface area contributed by atoms with Crippen LogP contribution in [-0.4, -0.2) is 23.1 Å². The molecule has 2 atom stereocenters. The quantitative estimate of drug-likeness (QED) is 0.861. The lowest BCUT2D eigenvalue weighted by molar-refractivity contribution is -0.163. The Morgan fingerprint density at radius 3 is 2.76 bits per heavy atom. The van der Waals surface area contributed by atoms with Crippen molar-refractivity contribution in [1.82, 2.24) is 0 Å². The molecule has 5 heteroatoms. The first kappa shape index (κ1) is 15.7. The number of benzene rings is 2. The third-order valence-electron chi connectivity index (χ3n) is 5.28. The largest absolute Gasteiger partial charge is 0.489 e. The number of carboxylic acids is 1. The van der Waals surface area contributed by atoms with Crippen LogP contribution in [0.2, 0.25) is 0 Å². The zero-order valence-electron chi connectivity index (χ0n) is 13.8. The second-order valence-corrected chi connectivity index (χ2v) is 6.81. The molecule has 1 aliphatic carbocycles. The third-order valence-corrected chi connectivity index (χ3v) is 5.28. The lowest BCUT2D eigenvalue weighted by atomic mass is 9.67. The van der Waals surface area contributed by atoms with Crippen LogP contribution in [0.1, 0.15) is 35.7 Å². The van der Waals surface area contributed by atoms with Crippen molar-refractivity contribution < 1.29 is 24.2 Å². The number of carbonyl (C=O) groups excluding carboxylic acids is 1. The second-order valence-electron chi connectivity index (χ2n) is 6.81. The average Bonchev–Trinajstić information content (AvgIpc) is 2.98. The number of fused-ring (bicyclic) bond motifs is 1. The van der Waals surface area contributed by atoms with E-state index >= 15 is 0 Å². The van der Waals surface area contributed by atoms with Gasteiger partial charge in [-0.2, -0.15) is 0 Å². The van der Waals surface area contributed by atoms with Gasteiger partial charge >= 0.3 is 11.9 Å². The maximum Gasteiger partial charge on any atom is 0.338 e. The zero-order chi connectivity index (χ0) is 17.6. The lowest BCUT2D eigenvalue weighted by Gasteiger charge is -2.43. The first-order valence-electron chi connectivity index (χ1n) is 8.28. The zero-order valence-corrected chi connectivity index (χ0v) is 13.8. The van der Waals surface area contributed by atoms with Gasteiger partial charge in [0.1, 0.15) is 23.9 Å². The van der Waals surface area contributed by atoms with Crippen LogP contribution in [0.15, 0.2) is 42.5 Å². The van der Waals surface area contributed by atoms with E-state index in [9.17, 15) is 14.7 Å². The van der Waals surface area contributed by atoms with Gasteiger partial charge in [0.05, 0.1) is 5.56 Å². The van der Waals surface area contributed by atoms with Crippen molar-refractivity contribution in [3.05, 3.63) is 53.6 Å². The molecule has 1 N–H and O–H groups in total. The average molecular weight is 338 g/mol. The maximum atomic E-state index is 11.6. The van der Waals surface area contributed by atoms with E-state index < -0.39 is 11.4 Å². The molecule has 1 fully saturated rings. The van der Waals surface area contributed by atoms with Crippen LogP contribution in [0.3, 0.4) is 0 Å². The summed E-state index contributed by atoms with van der Waals surface area (Å²) in [6.07, 6.45) is 1.00. The molecule has 128 valence electrons. The number of cyclic esters (lactones) is 1. The highest BCUT2D eigenvalue weighted by molar-refractivity contribution is 5.94. The Labute approximate surface area is 145 Å². The molecular weight excluding hydrogens is 320 g/mol. The van der Waals surface area contributed by atoms with Gasteiger partial charge in [-0.15, -0.1) is 0 Å². The molecular formula is C20H18O5. The Morgan fingerprint density at radius 1 is 1.24 bits per heavy atom. The van der Waals surface area contributed by atoms with Gasteiger partial charge < -0.3 is 14.6 Å². The van der Waals surface area contributed by atoms with Crippen molar-refractivity contribution in [2.24, 2.45) is 5.41 Å². The first-order valence-corrected chi connectivity index (χ1v) is 8.28. The summed E-state index contributed by atoms with van der Waals surface area (Å²) in [5.74, 6) is -0.461. The molecule has 0 amide bonds. The molecule has 0 saturated heterocycles. The Balaban J connectivity index is 1.66. The fraction of sp³-hybridized carbons (Fsp3) is 0.300. The summed E-state index contributed by atoms with van der Waals surface area (Å²) in [7, 11) is 0. The number of hydrogen-bond acceptors (Lipinski definition) is 4. The molecule has 2 aromatic rings. The Bertz CT molecular complexity index is 872.